The summed E-state index contributed by atoms with van der Waals surface area (Å²) < 4.78 is 0. The van der Waals surface area contributed by atoms with Crippen molar-refractivity contribution in [1.82, 2.24) is 5.32 Å². The predicted octanol–water partition coefficient (Wildman–Crippen LogP) is -0.405. The van der Waals surface area contributed by atoms with Crippen LogP contribution in [0.25, 0.3) is 0 Å². The quantitative estimate of drug-likeness (QED) is 0.480. The Bertz CT molecular complexity index is 109. The first-order valence-corrected chi connectivity index (χ1v) is 2.41. The summed E-state index contributed by atoms with van der Waals surface area (Å²) >= 11 is 0. The maximum absolute atomic E-state index is 10.4. The van der Waals surface area contributed by atoms with Crippen molar-refractivity contribution in [3.05, 3.63) is 12.3 Å². The first-order chi connectivity index (χ1) is 3.68. The molecule has 3 nitrogen and oxygen atoms in total. The highest BCUT2D eigenvalue weighted by molar-refractivity contribution is 5.91. The van der Waals surface area contributed by atoms with E-state index < -0.39 is 0 Å². The number of amides is 1. The van der Waals surface area contributed by atoms with Crippen LogP contribution in [0.2, 0.25) is 0 Å². The Morgan fingerprint density at radius 1 is 1.88 bits per heavy atom. The van der Waals surface area contributed by atoms with Gasteiger partial charge in [0.1, 0.15) is 0 Å². The topological polar surface area (TPSA) is 55.1 Å². The maximum Gasteiger partial charge on any atom is 0.266 e. The van der Waals surface area contributed by atoms with Crippen LogP contribution in [0, 0.1) is 0 Å². The van der Waals surface area contributed by atoms with Gasteiger partial charge in [-0.05, 0) is 6.92 Å². The lowest BCUT2D eigenvalue weighted by Crippen LogP contribution is -2.27. The Hall–Kier alpha value is -0.990. The van der Waals surface area contributed by atoms with E-state index in [4.69, 9.17) is 5.73 Å². The second-order valence-electron chi connectivity index (χ2n) is 1.38. The molecule has 0 aromatic carbocycles. The van der Waals surface area contributed by atoms with Gasteiger partial charge >= 0.3 is 0 Å². The monoisotopic (exact) mass is 114 g/mol. The van der Waals surface area contributed by atoms with Gasteiger partial charge in [-0.2, -0.15) is 0 Å². The lowest BCUT2D eigenvalue weighted by molar-refractivity contribution is -0.117. The van der Waals surface area contributed by atoms with Crippen LogP contribution < -0.4 is 11.1 Å². The average molecular weight is 114 g/mol. The van der Waals surface area contributed by atoms with E-state index in [9.17, 15) is 4.79 Å². The second kappa shape index (κ2) is 3.07. The summed E-state index contributed by atoms with van der Waals surface area (Å²) in [4.78, 5) is 10.4. The van der Waals surface area contributed by atoms with E-state index in [0.29, 0.717) is 6.54 Å². The van der Waals surface area contributed by atoms with Gasteiger partial charge in [0.15, 0.2) is 0 Å². The van der Waals surface area contributed by atoms with Crippen LogP contribution in [0.5, 0.6) is 0 Å². The Balaban J connectivity index is 3.49. The molecule has 0 spiro atoms. The summed E-state index contributed by atoms with van der Waals surface area (Å²) in [5, 5.41) is 2.48. The Morgan fingerprint density at radius 3 is 2.50 bits per heavy atom. The maximum atomic E-state index is 10.4. The third-order valence-corrected chi connectivity index (χ3v) is 0.629. The molecular formula is C5H10N2O. The molecule has 0 aromatic rings. The molecule has 0 aromatic heterocycles. The third-order valence-electron chi connectivity index (χ3n) is 0.629. The Labute approximate surface area is 48.6 Å². The van der Waals surface area contributed by atoms with Gasteiger partial charge in [-0.25, -0.2) is 0 Å². The molecule has 0 radical (unpaired) electrons. The van der Waals surface area contributed by atoms with Crippen molar-refractivity contribution in [3.8, 4) is 0 Å². The first-order valence-electron chi connectivity index (χ1n) is 2.41. The van der Waals surface area contributed by atoms with E-state index in [1.165, 1.54) is 0 Å². The minimum absolute atomic E-state index is 0.0619. The lowest BCUT2D eigenvalue weighted by Gasteiger charge is -1.97. The van der Waals surface area contributed by atoms with Crippen molar-refractivity contribution in [2.75, 3.05) is 6.54 Å². The van der Waals surface area contributed by atoms with Crippen molar-refractivity contribution in [2.45, 2.75) is 6.92 Å². The minimum atomic E-state index is -0.285. The molecule has 46 valence electrons. The summed E-state index contributed by atoms with van der Waals surface area (Å²) in [6, 6.07) is 0. The highest BCUT2D eigenvalue weighted by atomic mass is 16.1. The molecule has 0 heterocycles. The molecule has 3 N–H and O–H groups in total. The fourth-order valence-electron chi connectivity index (χ4n) is 0.274. The van der Waals surface area contributed by atoms with Crippen molar-refractivity contribution in [3.63, 3.8) is 0 Å². The summed E-state index contributed by atoms with van der Waals surface area (Å²) in [6.07, 6.45) is 0. The molecule has 0 atom stereocenters. The highest BCUT2D eigenvalue weighted by Gasteiger charge is 1.96. The molecule has 0 bridgehead atoms. The number of carbonyl (C=O) groups is 1. The van der Waals surface area contributed by atoms with Crippen molar-refractivity contribution in [2.24, 2.45) is 5.73 Å². The molecule has 1 amide bonds. The summed E-state index contributed by atoms with van der Waals surface area (Å²) in [5.41, 5.74) is 5.08. The number of nitrogens with two attached hydrogens (primary N) is 1. The van der Waals surface area contributed by atoms with E-state index in [1.54, 1.807) is 0 Å². The van der Waals surface area contributed by atoms with Gasteiger partial charge in [-0.3, -0.25) is 4.79 Å². The van der Waals surface area contributed by atoms with Crippen molar-refractivity contribution < 1.29 is 4.79 Å². The van der Waals surface area contributed by atoms with Gasteiger partial charge in [0.2, 0.25) is 0 Å². The molecule has 0 saturated carbocycles. The smallest absolute Gasteiger partial charge is 0.266 e. The van der Waals surface area contributed by atoms with Crippen LogP contribution >= 0.6 is 0 Å². The molecule has 3 heteroatoms. The normalized spacial score (nSPS) is 8.12. The van der Waals surface area contributed by atoms with Gasteiger partial charge in [0.25, 0.3) is 5.91 Å². The summed E-state index contributed by atoms with van der Waals surface area (Å²) in [5.74, 6) is -0.285. The van der Waals surface area contributed by atoms with Crippen molar-refractivity contribution in [1.29, 1.82) is 0 Å². The fraction of sp³-hybridized carbons (Fsp3) is 0.400. The fourth-order valence-corrected chi connectivity index (χ4v) is 0.274. The molecule has 0 saturated heterocycles. The van der Waals surface area contributed by atoms with E-state index in [2.05, 4.69) is 11.9 Å². The number of hydrogen-bond acceptors (Lipinski definition) is 2. The minimum Gasteiger partial charge on any atom is -0.395 e. The summed E-state index contributed by atoms with van der Waals surface area (Å²) in [7, 11) is 0. The molecule has 0 aliphatic carbocycles. The molecule has 8 heavy (non-hydrogen) atoms. The largest absolute Gasteiger partial charge is 0.395 e. The van der Waals surface area contributed by atoms with Crippen molar-refractivity contribution >= 4 is 5.91 Å². The number of hydrogen-bond donors (Lipinski definition) is 2. The molecular weight excluding hydrogens is 104 g/mol. The van der Waals surface area contributed by atoms with Gasteiger partial charge in [-0.15, -0.1) is 0 Å². The zero-order valence-corrected chi connectivity index (χ0v) is 4.90. The zero-order chi connectivity index (χ0) is 6.57. The van der Waals surface area contributed by atoms with Crippen LogP contribution in [0.4, 0.5) is 0 Å². The number of nitrogens with one attached hydrogen (secondary N) is 1. The lowest BCUT2D eigenvalue weighted by atomic mass is 10.5. The van der Waals surface area contributed by atoms with E-state index >= 15 is 0 Å². The van der Waals surface area contributed by atoms with Crippen LogP contribution in [0.1, 0.15) is 6.92 Å². The second-order valence-corrected chi connectivity index (χ2v) is 1.38. The van der Waals surface area contributed by atoms with Crippen LogP contribution in [0.15, 0.2) is 12.3 Å². The van der Waals surface area contributed by atoms with Crippen LogP contribution in [-0.2, 0) is 4.79 Å². The van der Waals surface area contributed by atoms with Crippen LogP contribution in [-0.4, -0.2) is 12.5 Å². The molecule has 0 unspecified atom stereocenters. The number of likely N-dealkylation sites (N-methyl/N-ethyl adjacent to an activating group) is 1. The molecule has 0 aliphatic rings. The van der Waals surface area contributed by atoms with Gasteiger partial charge in [-0.1, -0.05) is 6.58 Å². The van der Waals surface area contributed by atoms with E-state index in [-0.39, 0.29) is 11.6 Å². The van der Waals surface area contributed by atoms with Gasteiger partial charge < -0.3 is 11.1 Å². The molecule has 0 aliphatic heterocycles. The van der Waals surface area contributed by atoms with Gasteiger partial charge in [0, 0.05) is 6.54 Å². The SMILES string of the molecule is C=C(N)C(=O)NCC. The number of rotatable bonds is 2. The highest BCUT2D eigenvalue weighted by Crippen LogP contribution is 1.73. The van der Waals surface area contributed by atoms with Gasteiger partial charge in [0.05, 0.1) is 5.70 Å². The standard InChI is InChI=1S/C5H10N2O/c1-3-7-5(8)4(2)6/h2-3,6H2,1H3,(H,7,8). The number of carbonyl (C=O) groups excluding carboxylic acids is 1. The predicted molar refractivity (Wildman–Crippen MR) is 32.0 cm³/mol. The van der Waals surface area contributed by atoms with Crippen LogP contribution in [0.3, 0.4) is 0 Å². The Kier molecular flexibility index (Phi) is 2.69. The average Bonchev–Trinajstić information content (AvgIpc) is 1.67. The molecule has 0 fully saturated rings. The summed E-state index contributed by atoms with van der Waals surface area (Å²) in [6.45, 7) is 5.65. The van der Waals surface area contributed by atoms with E-state index in [1.807, 2.05) is 6.92 Å². The van der Waals surface area contributed by atoms with E-state index in [0.717, 1.165) is 0 Å². The zero-order valence-electron chi connectivity index (χ0n) is 4.90. The Morgan fingerprint density at radius 2 is 2.38 bits per heavy atom. The third kappa shape index (κ3) is 2.23. The first kappa shape index (κ1) is 7.01. The molecule has 0 rings (SSSR count).